The number of pyridine rings is 1. The summed E-state index contributed by atoms with van der Waals surface area (Å²) in [6, 6.07) is 11.2. The SMILES string of the molecule is Cc1cc(Oc2ccc(N)c3cnccc23)ccc1Cl. The highest BCUT2D eigenvalue weighted by atomic mass is 35.5. The highest BCUT2D eigenvalue weighted by Gasteiger charge is 2.07. The molecule has 0 fully saturated rings. The van der Waals surface area contributed by atoms with Crippen LogP contribution in [-0.4, -0.2) is 4.98 Å². The van der Waals surface area contributed by atoms with Gasteiger partial charge in [0.25, 0.3) is 0 Å². The average Bonchev–Trinajstić information content (AvgIpc) is 2.46. The van der Waals surface area contributed by atoms with Crippen LogP contribution >= 0.6 is 11.6 Å². The van der Waals surface area contributed by atoms with Gasteiger partial charge in [0.15, 0.2) is 0 Å². The summed E-state index contributed by atoms with van der Waals surface area (Å²) in [6.07, 6.45) is 3.46. The molecule has 3 rings (SSSR count). The van der Waals surface area contributed by atoms with Gasteiger partial charge in [-0.3, -0.25) is 4.98 Å². The molecule has 4 heteroatoms. The van der Waals surface area contributed by atoms with Crippen LogP contribution in [0.1, 0.15) is 5.56 Å². The lowest BCUT2D eigenvalue weighted by molar-refractivity contribution is 0.488. The summed E-state index contributed by atoms with van der Waals surface area (Å²) >= 11 is 6.02. The fourth-order valence-corrected chi connectivity index (χ4v) is 2.20. The zero-order valence-electron chi connectivity index (χ0n) is 10.9. The molecule has 0 unspecified atom stereocenters. The fourth-order valence-electron chi connectivity index (χ4n) is 2.08. The molecule has 0 atom stereocenters. The second kappa shape index (κ2) is 5.02. The first-order valence-corrected chi connectivity index (χ1v) is 6.59. The number of nitrogen functional groups attached to an aromatic ring is 1. The maximum atomic E-state index is 6.02. The van der Waals surface area contributed by atoms with Crippen molar-refractivity contribution < 1.29 is 4.74 Å². The van der Waals surface area contributed by atoms with E-state index < -0.39 is 0 Å². The van der Waals surface area contributed by atoms with Crippen molar-refractivity contribution >= 4 is 28.1 Å². The van der Waals surface area contributed by atoms with E-state index in [9.17, 15) is 0 Å². The van der Waals surface area contributed by atoms with Crippen LogP contribution in [0.2, 0.25) is 5.02 Å². The zero-order chi connectivity index (χ0) is 14.1. The third-order valence-corrected chi connectivity index (χ3v) is 3.59. The van der Waals surface area contributed by atoms with E-state index in [1.807, 2.05) is 43.3 Å². The molecule has 0 aliphatic carbocycles. The number of halogens is 1. The van der Waals surface area contributed by atoms with Crippen molar-refractivity contribution in [2.75, 3.05) is 5.73 Å². The molecular weight excluding hydrogens is 272 g/mol. The number of rotatable bonds is 2. The van der Waals surface area contributed by atoms with E-state index in [0.29, 0.717) is 5.69 Å². The monoisotopic (exact) mass is 284 g/mol. The van der Waals surface area contributed by atoms with Gasteiger partial charge in [-0.25, -0.2) is 0 Å². The summed E-state index contributed by atoms with van der Waals surface area (Å²) in [5.41, 5.74) is 7.61. The second-order valence-corrected chi connectivity index (χ2v) is 4.99. The molecule has 3 aromatic rings. The number of benzene rings is 2. The third-order valence-electron chi connectivity index (χ3n) is 3.17. The molecule has 20 heavy (non-hydrogen) atoms. The van der Waals surface area contributed by atoms with Crippen molar-refractivity contribution in [2.24, 2.45) is 0 Å². The summed E-state index contributed by atoms with van der Waals surface area (Å²) < 4.78 is 5.94. The second-order valence-electron chi connectivity index (χ2n) is 4.59. The summed E-state index contributed by atoms with van der Waals surface area (Å²) in [5, 5.41) is 2.55. The van der Waals surface area contributed by atoms with Gasteiger partial charge in [-0.2, -0.15) is 0 Å². The van der Waals surface area contributed by atoms with E-state index in [1.54, 1.807) is 12.4 Å². The largest absolute Gasteiger partial charge is 0.457 e. The minimum Gasteiger partial charge on any atom is -0.457 e. The minimum atomic E-state index is 0.688. The molecular formula is C16H13ClN2O. The topological polar surface area (TPSA) is 48.1 Å². The molecule has 1 heterocycles. The van der Waals surface area contributed by atoms with E-state index in [1.165, 1.54) is 0 Å². The van der Waals surface area contributed by atoms with Gasteiger partial charge in [0.2, 0.25) is 0 Å². The molecule has 3 nitrogen and oxygen atoms in total. The smallest absolute Gasteiger partial charge is 0.135 e. The predicted octanol–water partition coefficient (Wildman–Crippen LogP) is 4.57. The van der Waals surface area contributed by atoms with Gasteiger partial charge in [0.05, 0.1) is 0 Å². The molecule has 100 valence electrons. The summed E-state index contributed by atoms with van der Waals surface area (Å²) in [4.78, 5) is 4.09. The molecule has 0 spiro atoms. The number of anilines is 1. The van der Waals surface area contributed by atoms with E-state index in [0.717, 1.165) is 32.9 Å². The molecule has 0 bridgehead atoms. The highest BCUT2D eigenvalue weighted by molar-refractivity contribution is 6.31. The van der Waals surface area contributed by atoms with Gasteiger partial charge >= 0.3 is 0 Å². The van der Waals surface area contributed by atoms with E-state index >= 15 is 0 Å². The number of hydrogen-bond donors (Lipinski definition) is 1. The number of aryl methyl sites for hydroxylation is 1. The minimum absolute atomic E-state index is 0.688. The van der Waals surface area contributed by atoms with Crippen LogP contribution in [0, 0.1) is 6.92 Å². The van der Waals surface area contributed by atoms with Crippen LogP contribution in [-0.2, 0) is 0 Å². The third kappa shape index (κ3) is 2.28. The number of hydrogen-bond acceptors (Lipinski definition) is 3. The lowest BCUT2D eigenvalue weighted by Gasteiger charge is -2.11. The van der Waals surface area contributed by atoms with Gasteiger partial charge < -0.3 is 10.5 Å². The fraction of sp³-hybridized carbons (Fsp3) is 0.0625. The van der Waals surface area contributed by atoms with Crippen molar-refractivity contribution in [1.82, 2.24) is 4.98 Å². The van der Waals surface area contributed by atoms with Crippen molar-refractivity contribution in [1.29, 1.82) is 0 Å². The number of ether oxygens (including phenoxy) is 1. The van der Waals surface area contributed by atoms with Crippen molar-refractivity contribution in [3.63, 3.8) is 0 Å². The Balaban J connectivity index is 2.06. The van der Waals surface area contributed by atoms with Gasteiger partial charge in [-0.15, -0.1) is 0 Å². The molecule has 2 aromatic carbocycles. The van der Waals surface area contributed by atoms with Gasteiger partial charge in [-0.05, 0) is 48.9 Å². The van der Waals surface area contributed by atoms with Crippen LogP contribution in [0.15, 0.2) is 48.8 Å². The molecule has 0 radical (unpaired) electrons. The Labute approximate surface area is 122 Å². The quantitative estimate of drug-likeness (QED) is 0.701. The lowest BCUT2D eigenvalue weighted by Crippen LogP contribution is -1.91. The first-order valence-electron chi connectivity index (χ1n) is 6.21. The maximum Gasteiger partial charge on any atom is 0.135 e. The first kappa shape index (κ1) is 12.8. The Bertz CT molecular complexity index is 787. The number of nitrogens with two attached hydrogens (primary N) is 1. The van der Waals surface area contributed by atoms with Crippen LogP contribution in [0.4, 0.5) is 5.69 Å². The predicted molar refractivity (Wildman–Crippen MR) is 82.4 cm³/mol. The van der Waals surface area contributed by atoms with E-state index in [4.69, 9.17) is 22.1 Å². The summed E-state index contributed by atoms with van der Waals surface area (Å²) in [7, 11) is 0. The summed E-state index contributed by atoms with van der Waals surface area (Å²) in [5.74, 6) is 1.49. The Morgan fingerprint density at radius 1 is 1.10 bits per heavy atom. The van der Waals surface area contributed by atoms with Crippen LogP contribution in [0.3, 0.4) is 0 Å². The molecule has 0 saturated carbocycles. The van der Waals surface area contributed by atoms with Gasteiger partial charge in [-0.1, -0.05) is 11.6 Å². The lowest BCUT2D eigenvalue weighted by atomic mass is 10.1. The highest BCUT2D eigenvalue weighted by Crippen LogP contribution is 2.33. The molecule has 0 aliphatic heterocycles. The first-order chi connectivity index (χ1) is 9.65. The Morgan fingerprint density at radius 3 is 2.75 bits per heavy atom. The Kier molecular flexibility index (Phi) is 3.20. The van der Waals surface area contributed by atoms with Crippen LogP contribution in [0.5, 0.6) is 11.5 Å². The molecule has 1 aromatic heterocycles. The normalized spacial score (nSPS) is 10.7. The van der Waals surface area contributed by atoms with Gasteiger partial charge in [0.1, 0.15) is 11.5 Å². The van der Waals surface area contributed by atoms with E-state index in [2.05, 4.69) is 4.98 Å². The number of aromatic nitrogens is 1. The molecule has 0 saturated heterocycles. The van der Waals surface area contributed by atoms with Crippen molar-refractivity contribution in [3.8, 4) is 11.5 Å². The van der Waals surface area contributed by atoms with Crippen LogP contribution in [0.25, 0.3) is 10.8 Å². The molecule has 0 aliphatic rings. The average molecular weight is 285 g/mol. The molecule has 2 N–H and O–H groups in total. The zero-order valence-corrected chi connectivity index (χ0v) is 11.7. The molecule has 0 amide bonds. The van der Waals surface area contributed by atoms with Gasteiger partial charge in [0, 0.05) is 33.9 Å². The Hall–Kier alpha value is -2.26. The summed E-state index contributed by atoms with van der Waals surface area (Å²) in [6.45, 7) is 1.94. The van der Waals surface area contributed by atoms with Crippen molar-refractivity contribution in [2.45, 2.75) is 6.92 Å². The van der Waals surface area contributed by atoms with Crippen LogP contribution < -0.4 is 10.5 Å². The number of fused-ring (bicyclic) bond motifs is 1. The Morgan fingerprint density at radius 2 is 1.95 bits per heavy atom. The number of nitrogens with zero attached hydrogens (tertiary/aromatic N) is 1. The van der Waals surface area contributed by atoms with E-state index in [-0.39, 0.29) is 0 Å². The van der Waals surface area contributed by atoms with Crippen molar-refractivity contribution in [3.05, 3.63) is 59.4 Å². The standard InChI is InChI=1S/C16H13ClN2O/c1-10-8-11(2-3-14(10)17)20-16-5-4-15(18)13-9-19-7-6-12(13)16/h2-9H,18H2,1H3. The maximum absolute atomic E-state index is 6.02.